The normalized spacial score (nSPS) is 14.0. The van der Waals surface area contributed by atoms with Crippen molar-refractivity contribution in [3.8, 4) is 0 Å². The first-order chi connectivity index (χ1) is 9.99. The van der Waals surface area contributed by atoms with Crippen LogP contribution in [-0.2, 0) is 4.74 Å². The molecule has 0 atom stereocenters. The van der Waals surface area contributed by atoms with Crippen molar-refractivity contribution < 1.29 is 19.6 Å². The Hall–Kier alpha value is -2.15. The van der Waals surface area contributed by atoms with Gasteiger partial charge in [-0.15, -0.1) is 0 Å². The molecule has 0 bridgehead atoms. The number of nitro groups is 1. The third kappa shape index (κ3) is 4.16. The Morgan fingerprint density at radius 2 is 2.24 bits per heavy atom. The van der Waals surface area contributed by atoms with E-state index in [1.807, 2.05) is 0 Å². The van der Waals surface area contributed by atoms with E-state index in [1.54, 1.807) is 6.92 Å². The molecule has 0 saturated heterocycles. The lowest BCUT2D eigenvalue weighted by Crippen LogP contribution is -2.12. The van der Waals surface area contributed by atoms with Crippen LogP contribution in [0.5, 0.6) is 0 Å². The molecule has 0 aliphatic heterocycles. The molecule has 1 fully saturated rings. The van der Waals surface area contributed by atoms with Crippen LogP contribution in [0.1, 0.15) is 28.8 Å². The summed E-state index contributed by atoms with van der Waals surface area (Å²) in [7, 11) is 0. The van der Waals surface area contributed by atoms with Crippen LogP contribution in [0.25, 0.3) is 0 Å². The SMILES string of the molecule is Cc1c(NCCOCC2CC2)cc(C(=O)O)cc1[N+](=O)[O-]. The van der Waals surface area contributed by atoms with E-state index in [0.29, 0.717) is 30.3 Å². The molecule has 2 N–H and O–H groups in total. The highest BCUT2D eigenvalue weighted by Gasteiger charge is 2.21. The molecule has 21 heavy (non-hydrogen) atoms. The molecule has 2 rings (SSSR count). The summed E-state index contributed by atoms with van der Waals surface area (Å²) in [4.78, 5) is 21.4. The molecule has 0 spiro atoms. The van der Waals surface area contributed by atoms with E-state index in [-0.39, 0.29) is 11.3 Å². The Balaban J connectivity index is 2.01. The second-order valence-corrected chi connectivity index (χ2v) is 5.18. The number of ether oxygens (including phenoxy) is 1. The molecule has 0 radical (unpaired) electrons. The minimum Gasteiger partial charge on any atom is -0.478 e. The standard InChI is InChI=1S/C14H18N2O5/c1-9-12(15-4-5-21-8-10-2-3-10)6-11(14(17)18)7-13(9)16(19)20/h6-7,10,15H,2-5,8H2,1H3,(H,17,18). The number of carboxylic acids is 1. The summed E-state index contributed by atoms with van der Waals surface area (Å²) in [6, 6.07) is 2.48. The molecule has 114 valence electrons. The lowest BCUT2D eigenvalue weighted by atomic mass is 10.1. The first-order valence-electron chi connectivity index (χ1n) is 6.83. The molecule has 1 aliphatic carbocycles. The van der Waals surface area contributed by atoms with Crippen molar-refractivity contribution in [2.45, 2.75) is 19.8 Å². The summed E-state index contributed by atoms with van der Waals surface area (Å²) in [6.07, 6.45) is 2.44. The van der Waals surface area contributed by atoms with E-state index in [0.717, 1.165) is 12.7 Å². The maximum Gasteiger partial charge on any atom is 0.336 e. The topological polar surface area (TPSA) is 102 Å². The fourth-order valence-corrected chi connectivity index (χ4v) is 1.99. The van der Waals surface area contributed by atoms with E-state index >= 15 is 0 Å². The average molecular weight is 294 g/mol. The van der Waals surface area contributed by atoms with Gasteiger partial charge in [-0.3, -0.25) is 10.1 Å². The summed E-state index contributed by atoms with van der Waals surface area (Å²) in [5.41, 5.74) is 0.578. The minimum atomic E-state index is -1.19. The van der Waals surface area contributed by atoms with Crippen LogP contribution in [0.15, 0.2) is 12.1 Å². The fraction of sp³-hybridized carbons (Fsp3) is 0.500. The fourth-order valence-electron chi connectivity index (χ4n) is 1.99. The van der Waals surface area contributed by atoms with Gasteiger partial charge in [-0.1, -0.05) is 0 Å². The summed E-state index contributed by atoms with van der Waals surface area (Å²) in [5.74, 6) is -0.505. The molecule has 0 aromatic heterocycles. The third-order valence-corrected chi connectivity index (χ3v) is 3.44. The molecule has 7 heteroatoms. The molecular formula is C14H18N2O5. The van der Waals surface area contributed by atoms with Crippen molar-refractivity contribution in [3.05, 3.63) is 33.4 Å². The Morgan fingerprint density at radius 3 is 2.81 bits per heavy atom. The van der Waals surface area contributed by atoms with Crippen LogP contribution in [0.2, 0.25) is 0 Å². The number of hydrogen-bond acceptors (Lipinski definition) is 5. The van der Waals surface area contributed by atoms with Gasteiger partial charge in [0.1, 0.15) is 0 Å². The first-order valence-corrected chi connectivity index (χ1v) is 6.83. The number of aromatic carboxylic acids is 1. The van der Waals surface area contributed by atoms with Crippen molar-refractivity contribution in [2.24, 2.45) is 5.92 Å². The van der Waals surface area contributed by atoms with Crippen LogP contribution in [0.4, 0.5) is 11.4 Å². The number of hydrogen-bond donors (Lipinski definition) is 2. The number of nitrogens with one attached hydrogen (secondary N) is 1. The maximum absolute atomic E-state index is 11.0. The number of benzene rings is 1. The largest absolute Gasteiger partial charge is 0.478 e. The second kappa shape index (κ2) is 6.53. The third-order valence-electron chi connectivity index (χ3n) is 3.44. The zero-order valence-corrected chi connectivity index (χ0v) is 11.8. The van der Waals surface area contributed by atoms with Crippen LogP contribution >= 0.6 is 0 Å². The van der Waals surface area contributed by atoms with Crippen LogP contribution in [-0.4, -0.2) is 35.8 Å². The van der Waals surface area contributed by atoms with Crippen LogP contribution in [0, 0.1) is 23.0 Å². The summed E-state index contributed by atoms with van der Waals surface area (Å²) >= 11 is 0. The Labute approximate surface area is 122 Å². The highest BCUT2D eigenvalue weighted by atomic mass is 16.6. The van der Waals surface area contributed by atoms with Gasteiger partial charge in [0.05, 0.1) is 17.1 Å². The molecule has 1 saturated carbocycles. The van der Waals surface area contributed by atoms with Gasteiger partial charge < -0.3 is 15.2 Å². The molecule has 1 aromatic rings. The molecule has 0 heterocycles. The molecule has 0 unspecified atom stereocenters. The Bertz CT molecular complexity index is 555. The van der Waals surface area contributed by atoms with Crippen molar-refractivity contribution in [1.29, 1.82) is 0 Å². The lowest BCUT2D eigenvalue weighted by Gasteiger charge is -2.11. The lowest BCUT2D eigenvalue weighted by molar-refractivity contribution is -0.385. The van der Waals surface area contributed by atoms with Gasteiger partial charge in [-0.2, -0.15) is 0 Å². The molecule has 7 nitrogen and oxygen atoms in total. The Kier molecular flexibility index (Phi) is 4.74. The zero-order valence-electron chi connectivity index (χ0n) is 11.8. The number of nitrogens with zero attached hydrogens (tertiary/aromatic N) is 1. The van der Waals surface area contributed by atoms with Crippen molar-refractivity contribution >= 4 is 17.3 Å². The molecule has 1 aromatic carbocycles. The van der Waals surface area contributed by atoms with Gasteiger partial charge in [-0.05, 0) is 31.7 Å². The smallest absolute Gasteiger partial charge is 0.336 e. The maximum atomic E-state index is 11.0. The van der Waals surface area contributed by atoms with E-state index in [4.69, 9.17) is 9.84 Å². The minimum absolute atomic E-state index is 0.103. The summed E-state index contributed by atoms with van der Waals surface area (Å²) in [5, 5.41) is 23.0. The quantitative estimate of drug-likeness (QED) is 0.434. The van der Waals surface area contributed by atoms with Gasteiger partial charge in [0.15, 0.2) is 0 Å². The average Bonchev–Trinajstić information content (AvgIpc) is 3.23. The zero-order chi connectivity index (χ0) is 15.4. The number of rotatable bonds is 8. The number of carboxylic acid groups (broad SMARTS) is 1. The molecular weight excluding hydrogens is 276 g/mol. The van der Waals surface area contributed by atoms with Gasteiger partial charge in [0, 0.05) is 30.5 Å². The van der Waals surface area contributed by atoms with Crippen molar-refractivity contribution in [1.82, 2.24) is 0 Å². The van der Waals surface area contributed by atoms with Crippen molar-refractivity contribution in [2.75, 3.05) is 25.1 Å². The van der Waals surface area contributed by atoms with Gasteiger partial charge in [-0.25, -0.2) is 4.79 Å². The number of carbonyl (C=O) groups is 1. The second-order valence-electron chi connectivity index (χ2n) is 5.18. The highest BCUT2D eigenvalue weighted by Crippen LogP contribution is 2.29. The Morgan fingerprint density at radius 1 is 1.52 bits per heavy atom. The molecule has 0 amide bonds. The van der Waals surface area contributed by atoms with E-state index in [1.165, 1.54) is 18.9 Å². The predicted molar refractivity (Wildman–Crippen MR) is 76.8 cm³/mol. The van der Waals surface area contributed by atoms with Gasteiger partial charge in [0.2, 0.25) is 0 Å². The van der Waals surface area contributed by atoms with Crippen LogP contribution in [0.3, 0.4) is 0 Å². The monoisotopic (exact) mass is 294 g/mol. The van der Waals surface area contributed by atoms with E-state index < -0.39 is 10.9 Å². The highest BCUT2D eigenvalue weighted by molar-refractivity contribution is 5.90. The van der Waals surface area contributed by atoms with Crippen LogP contribution < -0.4 is 5.32 Å². The number of anilines is 1. The van der Waals surface area contributed by atoms with E-state index in [9.17, 15) is 14.9 Å². The predicted octanol–water partition coefficient (Wildman–Crippen LogP) is 2.44. The van der Waals surface area contributed by atoms with Crippen molar-refractivity contribution in [3.63, 3.8) is 0 Å². The summed E-state index contributed by atoms with van der Waals surface area (Å²) < 4.78 is 5.46. The van der Waals surface area contributed by atoms with Gasteiger partial charge >= 0.3 is 5.97 Å². The summed E-state index contributed by atoms with van der Waals surface area (Å²) in [6.45, 7) is 3.31. The van der Waals surface area contributed by atoms with Gasteiger partial charge in [0.25, 0.3) is 5.69 Å². The number of nitro benzene ring substituents is 1. The van der Waals surface area contributed by atoms with E-state index in [2.05, 4.69) is 5.32 Å². The first kappa shape index (κ1) is 15.2. The molecule has 1 aliphatic rings.